The number of ether oxygens (including phenoxy) is 1. The van der Waals surface area contributed by atoms with Crippen LogP contribution in [0.15, 0.2) is 5.16 Å². The van der Waals surface area contributed by atoms with Gasteiger partial charge in [-0.15, -0.1) is 10.2 Å². The smallest absolute Gasteiger partial charge is 0.191 e. The lowest BCUT2D eigenvalue weighted by molar-refractivity contribution is 0.200. The molecule has 90 valence electrons. The fourth-order valence-electron chi connectivity index (χ4n) is 1.61. The van der Waals surface area contributed by atoms with E-state index < -0.39 is 0 Å². The van der Waals surface area contributed by atoms with E-state index in [4.69, 9.17) is 10.5 Å². The van der Waals surface area contributed by atoms with E-state index in [1.807, 2.05) is 0 Å². The Balaban J connectivity index is 1.94. The van der Waals surface area contributed by atoms with E-state index in [2.05, 4.69) is 14.8 Å². The lowest BCUT2D eigenvalue weighted by Gasteiger charge is -2.06. The zero-order valence-corrected chi connectivity index (χ0v) is 10.4. The zero-order valence-electron chi connectivity index (χ0n) is 9.56. The van der Waals surface area contributed by atoms with Gasteiger partial charge in [-0.05, 0) is 19.3 Å². The molecule has 0 radical (unpaired) electrons. The van der Waals surface area contributed by atoms with Crippen molar-refractivity contribution in [1.82, 2.24) is 14.8 Å². The molecule has 0 aromatic carbocycles. The van der Waals surface area contributed by atoms with Crippen molar-refractivity contribution in [3.05, 3.63) is 5.82 Å². The highest BCUT2D eigenvalue weighted by atomic mass is 32.2. The molecule has 0 unspecified atom stereocenters. The van der Waals surface area contributed by atoms with Gasteiger partial charge in [0.2, 0.25) is 0 Å². The zero-order chi connectivity index (χ0) is 11.4. The Morgan fingerprint density at radius 3 is 2.94 bits per heavy atom. The van der Waals surface area contributed by atoms with Crippen LogP contribution in [-0.4, -0.2) is 34.2 Å². The van der Waals surface area contributed by atoms with Crippen LogP contribution in [0.5, 0.6) is 0 Å². The summed E-state index contributed by atoms with van der Waals surface area (Å²) in [7, 11) is 1.73. The average Bonchev–Trinajstić information content (AvgIpc) is 3.06. The summed E-state index contributed by atoms with van der Waals surface area (Å²) in [4.78, 5) is 0. The first-order chi connectivity index (χ1) is 7.86. The Morgan fingerprint density at radius 2 is 2.31 bits per heavy atom. The molecular weight excluding hydrogens is 224 g/mol. The lowest BCUT2D eigenvalue weighted by Crippen LogP contribution is -2.08. The van der Waals surface area contributed by atoms with Crippen molar-refractivity contribution in [3.8, 4) is 0 Å². The summed E-state index contributed by atoms with van der Waals surface area (Å²) in [6.07, 6.45) is 3.50. The van der Waals surface area contributed by atoms with E-state index in [0.717, 1.165) is 29.8 Å². The van der Waals surface area contributed by atoms with Gasteiger partial charge in [0, 0.05) is 25.5 Å². The van der Waals surface area contributed by atoms with Gasteiger partial charge in [0.25, 0.3) is 0 Å². The minimum Gasteiger partial charge on any atom is -0.385 e. The normalized spacial score (nSPS) is 15.6. The fraction of sp³-hybridized carbons (Fsp3) is 0.800. The van der Waals surface area contributed by atoms with Gasteiger partial charge in [-0.25, -0.2) is 0 Å². The average molecular weight is 242 g/mol. The largest absolute Gasteiger partial charge is 0.385 e. The lowest BCUT2D eigenvalue weighted by atomic mass is 10.5. The number of nitrogens with two attached hydrogens (primary N) is 1. The van der Waals surface area contributed by atoms with Crippen molar-refractivity contribution < 1.29 is 4.74 Å². The topological polar surface area (TPSA) is 66.0 Å². The molecule has 1 aromatic heterocycles. The van der Waals surface area contributed by atoms with Gasteiger partial charge in [0.05, 0.1) is 6.54 Å². The van der Waals surface area contributed by atoms with Crippen molar-refractivity contribution in [3.63, 3.8) is 0 Å². The minimum atomic E-state index is 0.474. The van der Waals surface area contributed by atoms with Crippen molar-refractivity contribution in [2.24, 2.45) is 5.73 Å². The first-order valence-corrected chi connectivity index (χ1v) is 6.61. The highest BCUT2D eigenvalue weighted by Gasteiger charge is 2.28. The molecular formula is C10H18N4OS. The van der Waals surface area contributed by atoms with Gasteiger partial charge in [-0.3, -0.25) is 0 Å². The van der Waals surface area contributed by atoms with E-state index in [0.29, 0.717) is 12.6 Å². The molecule has 6 heteroatoms. The summed E-state index contributed by atoms with van der Waals surface area (Å²) in [5, 5.41) is 9.34. The third-order valence-electron chi connectivity index (χ3n) is 2.55. The summed E-state index contributed by atoms with van der Waals surface area (Å²) in [6, 6.07) is 0.596. The summed E-state index contributed by atoms with van der Waals surface area (Å²) >= 11 is 1.75. The van der Waals surface area contributed by atoms with E-state index in [1.165, 1.54) is 12.8 Å². The molecule has 2 rings (SSSR count). The monoisotopic (exact) mass is 242 g/mol. The van der Waals surface area contributed by atoms with E-state index in [1.54, 1.807) is 18.9 Å². The van der Waals surface area contributed by atoms with E-state index >= 15 is 0 Å². The van der Waals surface area contributed by atoms with Gasteiger partial charge >= 0.3 is 0 Å². The third kappa shape index (κ3) is 2.75. The van der Waals surface area contributed by atoms with Crippen molar-refractivity contribution >= 4 is 11.8 Å². The second kappa shape index (κ2) is 5.65. The van der Waals surface area contributed by atoms with Crippen LogP contribution in [0.25, 0.3) is 0 Å². The molecule has 0 aliphatic heterocycles. The highest BCUT2D eigenvalue weighted by Crippen LogP contribution is 2.38. The van der Waals surface area contributed by atoms with Crippen LogP contribution in [0.3, 0.4) is 0 Å². The minimum absolute atomic E-state index is 0.474. The molecule has 1 aliphatic carbocycles. The first-order valence-electron chi connectivity index (χ1n) is 5.62. The van der Waals surface area contributed by atoms with Gasteiger partial charge in [0.15, 0.2) is 5.16 Å². The number of methoxy groups -OCH3 is 1. The molecule has 0 atom stereocenters. The molecule has 16 heavy (non-hydrogen) atoms. The molecule has 1 aromatic rings. The van der Waals surface area contributed by atoms with Gasteiger partial charge in [-0.1, -0.05) is 11.8 Å². The molecule has 1 saturated carbocycles. The third-order valence-corrected chi connectivity index (χ3v) is 3.58. The maximum atomic E-state index is 5.65. The predicted molar refractivity (Wildman–Crippen MR) is 63.4 cm³/mol. The van der Waals surface area contributed by atoms with Crippen LogP contribution >= 0.6 is 11.8 Å². The second-order valence-corrected chi connectivity index (χ2v) is 4.96. The number of aromatic nitrogens is 3. The van der Waals surface area contributed by atoms with Crippen LogP contribution in [0.4, 0.5) is 0 Å². The summed E-state index contributed by atoms with van der Waals surface area (Å²) < 4.78 is 7.23. The van der Waals surface area contributed by atoms with E-state index in [-0.39, 0.29) is 0 Å². The number of nitrogens with zero attached hydrogens (tertiary/aromatic N) is 3. The molecule has 2 N–H and O–H groups in total. The van der Waals surface area contributed by atoms with Crippen LogP contribution < -0.4 is 5.73 Å². The second-order valence-electron chi connectivity index (χ2n) is 3.90. The Bertz CT molecular complexity index is 338. The molecule has 0 saturated heterocycles. The van der Waals surface area contributed by atoms with Crippen LogP contribution in [0.2, 0.25) is 0 Å². The highest BCUT2D eigenvalue weighted by molar-refractivity contribution is 7.99. The Kier molecular flexibility index (Phi) is 4.20. The van der Waals surface area contributed by atoms with Crippen molar-refractivity contribution in [2.45, 2.75) is 37.0 Å². The Hall–Kier alpha value is -0.590. The van der Waals surface area contributed by atoms with Gasteiger partial charge in [0.1, 0.15) is 5.82 Å². The first kappa shape index (κ1) is 11.9. The maximum absolute atomic E-state index is 5.65. The Labute approximate surface area is 99.7 Å². The number of hydrogen-bond donors (Lipinski definition) is 1. The SMILES string of the molecule is COCCCSc1nnc(CN)n1C1CC1. The van der Waals surface area contributed by atoms with Crippen LogP contribution in [-0.2, 0) is 11.3 Å². The van der Waals surface area contributed by atoms with E-state index in [9.17, 15) is 0 Å². The number of hydrogen-bond acceptors (Lipinski definition) is 5. The summed E-state index contributed by atoms with van der Waals surface area (Å²) in [5.41, 5.74) is 5.65. The summed E-state index contributed by atoms with van der Waals surface area (Å²) in [6.45, 7) is 1.27. The Morgan fingerprint density at radius 1 is 1.50 bits per heavy atom. The molecule has 0 amide bonds. The molecule has 1 fully saturated rings. The van der Waals surface area contributed by atoms with Gasteiger partial charge in [-0.2, -0.15) is 0 Å². The van der Waals surface area contributed by atoms with Crippen LogP contribution in [0.1, 0.15) is 31.1 Å². The molecule has 1 aliphatic rings. The van der Waals surface area contributed by atoms with Gasteiger partial charge < -0.3 is 15.0 Å². The molecule has 5 nitrogen and oxygen atoms in total. The molecule has 0 spiro atoms. The van der Waals surface area contributed by atoms with Crippen molar-refractivity contribution in [1.29, 1.82) is 0 Å². The molecule has 0 bridgehead atoms. The quantitative estimate of drug-likeness (QED) is 0.575. The number of rotatable bonds is 7. The fourth-order valence-corrected chi connectivity index (χ4v) is 2.55. The number of thioether (sulfide) groups is 1. The standard InChI is InChI=1S/C10H18N4OS/c1-15-5-2-6-16-10-13-12-9(7-11)14(10)8-3-4-8/h8H,2-7,11H2,1H3. The summed E-state index contributed by atoms with van der Waals surface area (Å²) in [5.74, 6) is 1.93. The van der Waals surface area contributed by atoms with Crippen molar-refractivity contribution in [2.75, 3.05) is 19.5 Å². The van der Waals surface area contributed by atoms with Crippen LogP contribution in [0, 0.1) is 0 Å². The maximum Gasteiger partial charge on any atom is 0.191 e. The molecule has 1 heterocycles. The predicted octanol–water partition coefficient (Wildman–Crippen LogP) is 1.20.